The summed E-state index contributed by atoms with van der Waals surface area (Å²) < 4.78 is 29.9. The molecule has 2 aliphatic heterocycles. The van der Waals surface area contributed by atoms with E-state index in [1.54, 1.807) is 0 Å². The molecule has 4 heterocycles. The highest BCUT2D eigenvalue weighted by molar-refractivity contribution is 5.58. The number of rotatable bonds is 5. The SMILES string of the molecule is Cc1c(N(C)C)nc(N)nc1-n1ncc(C/C=C/N2CCN3c4cc(F)cc(F)c4CCC3C2)c1C. The molecule has 5 rings (SSSR count). The van der Waals surface area contributed by atoms with Gasteiger partial charge in [-0.2, -0.15) is 15.1 Å². The van der Waals surface area contributed by atoms with Gasteiger partial charge in [-0.1, -0.05) is 6.08 Å². The van der Waals surface area contributed by atoms with E-state index in [0.717, 1.165) is 61.2 Å². The van der Waals surface area contributed by atoms with Gasteiger partial charge in [0.05, 0.1) is 6.20 Å². The molecule has 190 valence electrons. The second-order valence-corrected chi connectivity index (χ2v) is 9.77. The van der Waals surface area contributed by atoms with E-state index in [-0.39, 0.29) is 12.0 Å². The molecule has 36 heavy (non-hydrogen) atoms. The number of anilines is 3. The van der Waals surface area contributed by atoms with Crippen LogP contribution in [0.1, 0.15) is 28.8 Å². The number of piperazine rings is 1. The van der Waals surface area contributed by atoms with Gasteiger partial charge in [0.15, 0.2) is 5.82 Å². The second-order valence-electron chi connectivity index (χ2n) is 9.77. The maximum atomic E-state index is 14.2. The number of hydrogen-bond acceptors (Lipinski definition) is 7. The van der Waals surface area contributed by atoms with Gasteiger partial charge in [-0.3, -0.25) is 0 Å². The van der Waals surface area contributed by atoms with Gasteiger partial charge in [-0.25, -0.2) is 13.5 Å². The summed E-state index contributed by atoms with van der Waals surface area (Å²) in [7, 11) is 3.85. The molecule has 0 spiro atoms. The van der Waals surface area contributed by atoms with Crippen LogP contribution >= 0.6 is 0 Å². The lowest BCUT2D eigenvalue weighted by Gasteiger charge is -2.46. The predicted molar refractivity (Wildman–Crippen MR) is 138 cm³/mol. The Morgan fingerprint density at radius 2 is 1.97 bits per heavy atom. The molecule has 0 radical (unpaired) electrons. The van der Waals surface area contributed by atoms with Crippen LogP contribution in [0.15, 0.2) is 30.6 Å². The molecule has 1 aromatic carbocycles. The summed E-state index contributed by atoms with van der Waals surface area (Å²) in [6.07, 6.45) is 8.38. The van der Waals surface area contributed by atoms with Crippen LogP contribution in [-0.2, 0) is 12.8 Å². The van der Waals surface area contributed by atoms with Gasteiger partial charge < -0.3 is 20.4 Å². The lowest BCUT2D eigenvalue weighted by molar-refractivity contribution is 0.281. The molecule has 0 bridgehead atoms. The summed E-state index contributed by atoms with van der Waals surface area (Å²) in [4.78, 5) is 15.2. The summed E-state index contributed by atoms with van der Waals surface area (Å²) in [6.45, 7) is 6.37. The summed E-state index contributed by atoms with van der Waals surface area (Å²) in [6, 6.07) is 2.72. The lowest BCUT2D eigenvalue weighted by Crippen LogP contribution is -2.53. The molecule has 2 aromatic heterocycles. The first-order valence-corrected chi connectivity index (χ1v) is 12.2. The molecule has 0 aliphatic carbocycles. The number of nitrogens with two attached hydrogens (primary N) is 1. The van der Waals surface area contributed by atoms with Crippen LogP contribution in [0.5, 0.6) is 0 Å². The third-order valence-electron chi connectivity index (χ3n) is 7.19. The van der Waals surface area contributed by atoms with Crippen LogP contribution < -0.4 is 15.5 Å². The fourth-order valence-corrected chi connectivity index (χ4v) is 5.32. The molecule has 10 heteroatoms. The molecule has 1 unspecified atom stereocenters. The van der Waals surface area contributed by atoms with Crippen LogP contribution in [-0.4, -0.2) is 64.4 Å². The molecule has 0 saturated carbocycles. The zero-order valence-corrected chi connectivity index (χ0v) is 21.2. The van der Waals surface area contributed by atoms with E-state index in [4.69, 9.17) is 5.73 Å². The van der Waals surface area contributed by atoms with Crippen molar-refractivity contribution in [3.63, 3.8) is 0 Å². The number of allylic oxidation sites excluding steroid dienone is 1. The highest BCUT2D eigenvalue weighted by Crippen LogP contribution is 2.35. The van der Waals surface area contributed by atoms with E-state index < -0.39 is 11.6 Å². The highest BCUT2D eigenvalue weighted by Gasteiger charge is 2.32. The Labute approximate surface area is 210 Å². The van der Waals surface area contributed by atoms with E-state index >= 15 is 0 Å². The number of fused-ring (bicyclic) bond motifs is 3. The van der Waals surface area contributed by atoms with Gasteiger partial charge in [0.1, 0.15) is 17.5 Å². The van der Waals surface area contributed by atoms with E-state index in [0.29, 0.717) is 23.5 Å². The summed E-state index contributed by atoms with van der Waals surface area (Å²) in [5.41, 5.74) is 10.3. The fraction of sp³-hybridized carbons (Fsp3) is 0.423. The largest absolute Gasteiger partial charge is 0.374 e. The molecule has 1 fully saturated rings. The van der Waals surface area contributed by atoms with Crippen LogP contribution in [0, 0.1) is 25.5 Å². The maximum Gasteiger partial charge on any atom is 0.224 e. The number of nitrogen functional groups attached to an aromatic ring is 1. The molecule has 0 amide bonds. The summed E-state index contributed by atoms with van der Waals surface area (Å²) >= 11 is 0. The van der Waals surface area contributed by atoms with Crippen molar-refractivity contribution in [2.24, 2.45) is 0 Å². The molecule has 1 atom stereocenters. The van der Waals surface area contributed by atoms with Gasteiger partial charge in [0.2, 0.25) is 5.95 Å². The summed E-state index contributed by atoms with van der Waals surface area (Å²) in [5, 5.41) is 4.58. The topological polar surface area (TPSA) is 79.3 Å². The number of halogens is 2. The average molecular weight is 495 g/mol. The molecule has 1 saturated heterocycles. The van der Waals surface area contributed by atoms with Crippen LogP contribution in [0.4, 0.5) is 26.2 Å². The van der Waals surface area contributed by atoms with Gasteiger partial charge in [-0.05, 0) is 50.9 Å². The Bertz CT molecular complexity index is 1320. The first-order valence-electron chi connectivity index (χ1n) is 12.2. The third kappa shape index (κ3) is 4.36. The first-order chi connectivity index (χ1) is 17.2. The van der Waals surface area contributed by atoms with E-state index in [9.17, 15) is 8.78 Å². The third-order valence-corrected chi connectivity index (χ3v) is 7.19. The predicted octanol–water partition coefficient (Wildman–Crippen LogP) is 3.40. The highest BCUT2D eigenvalue weighted by atomic mass is 19.1. The van der Waals surface area contributed by atoms with Crippen molar-refractivity contribution in [3.05, 3.63) is 64.6 Å². The van der Waals surface area contributed by atoms with Crippen molar-refractivity contribution in [2.75, 3.05) is 49.3 Å². The Morgan fingerprint density at radius 1 is 1.17 bits per heavy atom. The van der Waals surface area contributed by atoms with Gasteiger partial charge in [0, 0.05) is 68.3 Å². The Balaban J connectivity index is 1.27. The molecule has 3 aromatic rings. The first kappa shape index (κ1) is 24.0. The van der Waals surface area contributed by atoms with Crippen molar-refractivity contribution in [2.45, 2.75) is 39.2 Å². The van der Waals surface area contributed by atoms with Crippen molar-refractivity contribution in [1.82, 2.24) is 24.6 Å². The van der Waals surface area contributed by atoms with Crippen molar-refractivity contribution >= 4 is 17.5 Å². The minimum absolute atomic E-state index is 0.214. The average Bonchev–Trinajstić information content (AvgIpc) is 3.19. The van der Waals surface area contributed by atoms with E-state index in [1.807, 2.05) is 43.7 Å². The minimum Gasteiger partial charge on any atom is -0.374 e. The quantitative estimate of drug-likeness (QED) is 0.582. The molecular weight excluding hydrogens is 462 g/mol. The Hall–Kier alpha value is -3.69. The van der Waals surface area contributed by atoms with Crippen molar-refractivity contribution in [3.8, 4) is 5.82 Å². The van der Waals surface area contributed by atoms with Gasteiger partial charge >= 0.3 is 0 Å². The number of benzene rings is 1. The lowest BCUT2D eigenvalue weighted by atomic mass is 9.93. The summed E-state index contributed by atoms with van der Waals surface area (Å²) in [5.74, 6) is 0.720. The standard InChI is InChI=1S/C26H32F2N8/c1-16-24(33(3)4)31-26(29)32-25(16)36-17(2)18(14-30-36)6-5-9-34-10-11-35-20(15-34)7-8-21-22(28)12-19(27)13-23(21)35/h5,9,12-14,20H,6-8,10-11,15H2,1-4H3,(H2,29,31,32)/b9-5+. The number of aromatic nitrogens is 4. The van der Waals surface area contributed by atoms with Crippen molar-refractivity contribution < 1.29 is 8.78 Å². The van der Waals surface area contributed by atoms with Crippen LogP contribution in [0.3, 0.4) is 0 Å². The van der Waals surface area contributed by atoms with Gasteiger partial charge in [0.25, 0.3) is 0 Å². The van der Waals surface area contributed by atoms with E-state index in [1.165, 1.54) is 6.07 Å². The fourth-order valence-electron chi connectivity index (χ4n) is 5.32. The molecular formula is C26H32F2N8. The Morgan fingerprint density at radius 3 is 2.75 bits per heavy atom. The normalized spacial score (nSPS) is 17.4. The zero-order valence-electron chi connectivity index (χ0n) is 21.2. The smallest absolute Gasteiger partial charge is 0.224 e. The Kier molecular flexibility index (Phi) is 6.27. The van der Waals surface area contributed by atoms with Gasteiger partial charge in [-0.15, -0.1) is 0 Å². The monoisotopic (exact) mass is 494 g/mol. The van der Waals surface area contributed by atoms with Crippen LogP contribution in [0.25, 0.3) is 5.82 Å². The van der Waals surface area contributed by atoms with Crippen molar-refractivity contribution in [1.29, 1.82) is 0 Å². The maximum absolute atomic E-state index is 14.2. The number of hydrogen-bond donors (Lipinski definition) is 1. The second kappa shape index (κ2) is 9.40. The van der Waals surface area contributed by atoms with Crippen LogP contribution in [0.2, 0.25) is 0 Å². The minimum atomic E-state index is -0.511. The molecule has 8 nitrogen and oxygen atoms in total. The molecule has 2 aliphatic rings. The molecule has 2 N–H and O–H groups in total. The number of nitrogens with zero attached hydrogens (tertiary/aromatic N) is 7. The van der Waals surface area contributed by atoms with E-state index in [2.05, 4.69) is 37.1 Å². The zero-order chi connectivity index (χ0) is 25.6.